The van der Waals surface area contributed by atoms with Gasteiger partial charge in [-0.05, 0) is 25.7 Å². The normalized spacial score (nSPS) is 34.9. The van der Waals surface area contributed by atoms with Gasteiger partial charge in [0.15, 0.2) is 0 Å². The first kappa shape index (κ1) is 12.3. The van der Waals surface area contributed by atoms with Gasteiger partial charge in [0.2, 0.25) is 0 Å². The lowest BCUT2D eigenvalue weighted by Crippen LogP contribution is -2.57. The van der Waals surface area contributed by atoms with Crippen LogP contribution in [0.1, 0.15) is 57.8 Å². The number of aliphatic hydroxyl groups is 2. The van der Waals surface area contributed by atoms with E-state index in [4.69, 9.17) is 0 Å². The Hall–Kier alpha value is -0.120. The van der Waals surface area contributed by atoms with Gasteiger partial charge >= 0.3 is 0 Å². The molecule has 0 radical (unpaired) electrons. The lowest BCUT2D eigenvalue weighted by Gasteiger charge is -2.42. The molecule has 0 amide bonds. The predicted octanol–water partition coefficient (Wildman–Crippen LogP) is 1.57. The van der Waals surface area contributed by atoms with Crippen LogP contribution in [0.3, 0.4) is 0 Å². The van der Waals surface area contributed by atoms with Crippen LogP contribution in [-0.2, 0) is 0 Å². The van der Waals surface area contributed by atoms with Crippen molar-refractivity contribution in [2.24, 2.45) is 0 Å². The van der Waals surface area contributed by atoms with E-state index in [1.165, 1.54) is 25.7 Å². The summed E-state index contributed by atoms with van der Waals surface area (Å²) in [7, 11) is 0. The second-order valence-corrected chi connectivity index (χ2v) is 5.60. The van der Waals surface area contributed by atoms with E-state index in [2.05, 4.69) is 5.32 Å². The highest BCUT2D eigenvalue weighted by Gasteiger charge is 2.35. The first-order valence-corrected chi connectivity index (χ1v) is 6.82. The zero-order valence-corrected chi connectivity index (χ0v) is 10.1. The summed E-state index contributed by atoms with van der Waals surface area (Å²) in [4.78, 5) is 0. The van der Waals surface area contributed by atoms with Crippen LogP contribution in [0, 0.1) is 0 Å². The Labute approximate surface area is 98.2 Å². The zero-order chi connectivity index (χ0) is 11.4. The maximum absolute atomic E-state index is 9.97. The van der Waals surface area contributed by atoms with E-state index in [1.807, 2.05) is 0 Å². The minimum Gasteiger partial charge on any atom is -0.394 e. The highest BCUT2D eigenvalue weighted by molar-refractivity contribution is 4.95. The Balaban J connectivity index is 1.93. The smallest absolute Gasteiger partial charge is 0.0693 e. The minimum atomic E-state index is -0.209. The van der Waals surface area contributed by atoms with Gasteiger partial charge in [0, 0.05) is 11.6 Å². The first-order valence-electron chi connectivity index (χ1n) is 6.82. The summed E-state index contributed by atoms with van der Waals surface area (Å²) in [5.74, 6) is 0. The van der Waals surface area contributed by atoms with E-state index in [0.717, 1.165) is 32.1 Å². The molecule has 3 N–H and O–H groups in total. The van der Waals surface area contributed by atoms with Crippen molar-refractivity contribution in [3.63, 3.8) is 0 Å². The Morgan fingerprint density at radius 2 is 1.69 bits per heavy atom. The molecule has 0 heterocycles. The van der Waals surface area contributed by atoms with Crippen molar-refractivity contribution in [1.29, 1.82) is 0 Å². The van der Waals surface area contributed by atoms with Gasteiger partial charge in [-0.25, -0.2) is 0 Å². The molecule has 0 aromatic carbocycles. The second-order valence-electron chi connectivity index (χ2n) is 5.60. The average molecular weight is 227 g/mol. The van der Waals surface area contributed by atoms with E-state index in [-0.39, 0.29) is 24.3 Å². The number of hydrogen-bond acceptors (Lipinski definition) is 3. The summed E-state index contributed by atoms with van der Waals surface area (Å²) in [6.45, 7) is 0.218. The third-order valence-corrected chi connectivity index (χ3v) is 4.33. The van der Waals surface area contributed by atoms with Crippen LogP contribution in [0.4, 0.5) is 0 Å². The fraction of sp³-hybridized carbons (Fsp3) is 1.00. The van der Waals surface area contributed by atoms with Gasteiger partial charge in [0.1, 0.15) is 0 Å². The molecule has 16 heavy (non-hydrogen) atoms. The third-order valence-electron chi connectivity index (χ3n) is 4.33. The molecular weight excluding hydrogens is 202 g/mol. The summed E-state index contributed by atoms with van der Waals surface area (Å²) in [6.07, 6.45) is 9.94. The molecule has 3 heteroatoms. The molecule has 0 saturated heterocycles. The van der Waals surface area contributed by atoms with Crippen molar-refractivity contribution in [1.82, 2.24) is 5.32 Å². The fourth-order valence-electron chi connectivity index (χ4n) is 3.25. The average Bonchev–Trinajstić information content (AvgIpc) is 2.33. The topological polar surface area (TPSA) is 52.5 Å². The molecule has 2 atom stereocenters. The summed E-state index contributed by atoms with van der Waals surface area (Å²) in [5, 5.41) is 23.2. The maximum atomic E-state index is 9.97. The Morgan fingerprint density at radius 3 is 2.31 bits per heavy atom. The molecule has 0 bridgehead atoms. The van der Waals surface area contributed by atoms with Gasteiger partial charge in [-0.15, -0.1) is 0 Å². The summed E-state index contributed by atoms with van der Waals surface area (Å²) >= 11 is 0. The molecule has 0 aliphatic heterocycles. The van der Waals surface area contributed by atoms with Crippen LogP contribution in [0.5, 0.6) is 0 Å². The van der Waals surface area contributed by atoms with Crippen molar-refractivity contribution in [3.05, 3.63) is 0 Å². The number of aliphatic hydroxyl groups excluding tert-OH is 2. The molecule has 0 aromatic rings. The number of hydrogen-bond donors (Lipinski definition) is 3. The lowest BCUT2D eigenvalue weighted by atomic mass is 9.80. The van der Waals surface area contributed by atoms with Gasteiger partial charge in [0.25, 0.3) is 0 Å². The molecule has 2 saturated carbocycles. The molecule has 2 rings (SSSR count). The third kappa shape index (κ3) is 2.76. The SMILES string of the molecule is OCC1(N[C@@H]2CCCC[C@H]2O)CCCCC1. The van der Waals surface area contributed by atoms with E-state index in [1.54, 1.807) is 0 Å². The van der Waals surface area contributed by atoms with E-state index >= 15 is 0 Å². The highest BCUT2D eigenvalue weighted by atomic mass is 16.3. The molecule has 2 aliphatic rings. The van der Waals surface area contributed by atoms with Gasteiger partial charge in [-0.2, -0.15) is 0 Å². The van der Waals surface area contributed by atoms with Crippen LogP contribution in [0.2, 0.25) is 0 Å². The van der Waals surface area contributed by atoms with Gasteiger partial charge in [-0.3, -0.25) is 0 Å². The monoisotopic (exact) mass is 227 g/mol. The van der Waals surface area contributed by atoms with E-state index in [0.29, 0.717) is 0 Å². The summed E-state index contributed by atoms with van der Waals surface area (Å²) in [5.41, 5.74) is -0.0960. The largest absolute Gasteiger partial charge is 0.394 e. The van der Waals surface area contributed by atoms with Crippen LogP contribution in [0.25, 0.3) is 0 Å². The number of nitrogens with one attached hydrogen (secondary N) is 1. The minimum absolute atomic E-state index is 0.0960. The zero-order valence-electron chi connectivity index (χ0n) is 10.1. The van der Waals surface area contributed by atoms with Crippen molar-refractivity contribution >= 4 is 0 Å². The molecule has 0 unspecified atom stereocenters. The van der Waals surface area contributed by atoms with Crippen LogP contribution < -0.4 is 5.32 Å². The van der Waals surface area contributed by atoms with Crippen molar-refractivity contribution in [3.8, 4) is 0 Å². The summed E-state index contributed by atoms with van der Waals surface area (Å²) < 4.78 is 0. The first-order chi connectivity index (χ1) is 7.76. The predicted molar refractivity (Wildman–Crippen MR) is 64.3 cm³/mol. The van der Waals surface area contributed by atoms with Gasteiger partial charge in [-0.1, -0.05) is 32.1 Å². The number of rotatable bonds is 3. The van der Waals surface area contributed by atoms with Crippen LogP contribution >= 0.6 is 0 Å². The lowest BCUT2D eigenvalue weighted by molar-refractivity contribution is 0.0412. The molecule has 2 aliphatic carbocycles. The Bertz CT molecular complexity index is 214. The second kappa shape index (κ2) is 5.48. The molecule has 2 fully saturated rings. The van der Waals surface area contributed by atoms with Crippen molar-refractivity contribution < 1.29 is 10.2 Å². The molecular formula is C13H25NO2. The molecule has 0 aromatic heterocycles. The Kier molecular flexibility index (Phi) is 4.22. The van der Waals surface area contributed by atoms with E-state index in [9.17, 15) is 10.2 Å². The van der Waals surface area contributed by atoms with Crippen molar-refractivity contribution in [2.75, 3.05) is 6.61 Å². The maximum Gasteiger partial charge on any atom is 0.0693 e. The highest BCUT2D eigenvalue weighted by Crippen LogP contribution is 2.30. The summed E-state index contributed by atoms with van der Waals surface area (Å²) in [6, 6.07) is 0.207. The van der Waals surface area contributed by atoms with Crippen LogP contribution in [0.15, 0.2) is 0 Å². The quantitative estimate of drug-likeness (QED) is 0.686. The van der Waals surface area contributed by atoms with Gasteiger partial charge < -0.3 is 15.5 Å². The van der Waals surface area contributed by atoms with Crippen LogP contribution in [-0.4, -0.2) is 34.5 Å². The molecule has 3 nitrogen and oxygen atoms in total. The fourth-order valence-corrected chi connectivity index (χ4v) is 3.25. The molecule has 0 spiro atoms. The Morgan fingerprint density at radius 1 is 1.00 bits per heavy atom. The standard InChI is InChI=1S/C13H25NO2/c15-10-13(8-4-1-5-9-13)14-11-6-2-3-7-12(11)16/h11-12,14-16H,1-10H2/t11-,12-/m1/s1. The molecule has 94 valence electrons. The van der Waals surface area contributed by atoms with E-state index < -0.39 is 0 Å². The van der Waals surface area contributed by atoms with Crippen molar-refractivity contribution in [2.45, 2.75) is 75.5 Å². The van der Waals surface area contributed by atoms with Gasteiger partial charge in [0.05, 0.1) is 12.7 Å².